The average Bonchev–Trinajstić information content (AvgIpc) is 3.90. The average molecular weight is 940 g/mol. The minimum atomic E-state index is -1.83. The van der Waals surface area contributed by atoms with Crippen LogP contribution in [-0.2, 0) is 33.7 Å². The second kappa shape index (κ2) is 24.2. The second-order valence-corrected chi connectivity index (χ2v) is 18.7. The summed E-state index contributed by atoms with van der Waals surface area (Å²) in [5, 5.41) is 12.3. The molecule has 1 amide bonds. The van der Waals surface area contributed by atoms with Crippen molar-refractivity contribution in [2.45, 2.75) is 123 Å². The number of hydrogen-bond donors (Lipinski definition) is 2. The molecule has 0 bridgehead atoms. The highest BCUT2D eigenvalue weighted by Crippen LogP contribution is 2.51. The van der Waals surface area contributed by atoms with Gasteiger partial charge in [0.15, 0.2) is 17.4 Å². The Kier molecular flexibility index (Phi) is 18.5. The number of nitriles is 1. The van der Waals surface area contributed by atoms with Crippen LogP contribution in [0.1, 0.15) is 103 Å². The number of aromatic amines is 1. The summed E-state index contributed by atoms with van der Waals surface area (Å²) in [6.07, 6.45) is 2.05. The molecule has 1 fully saturated rings. The number of anilines is 1. The standard InChI is InChI=1S/C50H66N7O9P/c1-10-11-12-16-29-62-44-43(66-67(64-30-17-28-51)57(34(4)5)35(6)7)41(65-48(44)56-32-52-42-45(56)53-49(55-47(42)59)54-46(58)33(2)3)31-63-50(36-18-14-13-15-19-36,37-20-24-39(60-8)25-21-37)38-22-26-40(61-9)27-23-38/h13-15,18-27,32-35,41,43-44,48H,10-12,16-17,29-31H2,1-9H3,(H2,53,54,55,58,59)/t41-,43-,44-,48-,67?/m1/s1. The first-order valence-corrected chi connectivity index (χ1v) is 24.3. The largest absolute Gasteiger partial charge is 0.497 e. The Morgan fingerprint density at radius 2 is 1.52 bits per heavy atom. The third kappa shape index (κ3) is 12.1. The smallest absolute Gasteiger partial charge is 0.280 e. The van der Waals surface area contributed by atoms with Crippen LogP contribution in [0.3, 0.4) is 0 Å². The van der Waals surface area contributed by atoms with E-state index >= 15 is 0 Å². The Labute approximate surface area is 395 Å². The van der Waals surface area contributed by atoms with Crippen molar-refractivity contribution >= 4 is 31.5 Å². The van der Waals surface area contributed by atoms with Crippen molar-refractivity contribution in [3.8, 4) is 17.6 Å². The van der Waals surface area contributed by atoms with Gasteiger partial charge in [-0.25, -0.2) is 9.65 Å². The number of carbonyl (C=O) groups is 1. The summed E-state index contributed by atoms with van der Waals surface area (Å²) in [6.45, 7) is 14.5. The van der Waals surface area contributed by atoms with E-state index in [1.165, 1.54) is 6.33 Å². The number of aromatic nitrogens is 4. The zero-order chi connectivity index (χ0) is 48.1. The molecule has 3 heterocycles. The lowest BCUT2D eigenvalue weighted by Crippen LogP contribution is -2.43. The topological polar surface area (TPSA) is 184 Å². The molecule has 1 saturated heterocycles. The summed E-state index contributed by atoms with van der Waals surface area (Å²) in [4.78, 5) is 38.2. The zero-order valence-corrected chi connectivity index (χ0v) is 41.0. The van der Waals surface area contributed by atoms with E-state index in [-0.39, 0.29) is 60.7 Å². The predicted molar refractivity (Wildman–Crippen MR) is 258 cm³/mol. The van der Waals surface area contributed by atoms with Gasteiger partial charge in [0, 0.05) is 24.6 Å². The summed E-state index contributed by atoms with van der Waals surface area (Å²) < 4.78 is 50.4. The summed E-state index contributed by atoms with van der Waals surface area (Å²) >= 11 is 0. The van der Waals surface area contributed by atoms with Crippen LogP contribution in [0.2, 0.25) is 0 Å². The third-order valence-electron chi connectivity index (χ3n) is 11.6. The Bertz CT molecular complexity index is 2370. The van der Waals surface area contributed by atoms with Gasteiger partial charge in [0.05, 0.1) is 46.3 Å². The SMILES string of the molecule is CCCCCCO[C@@H]1[C@H](OP(OCCC#N)N(C(C)C)C(C)C)[C@@H](COC(c2ccccc2)(c2ccc(OC)cc2)c2ccc(OC)cc2)O[C@H]1n1cnc2c(=O)[nH]c(NC(=O)C(C)C)nc21. The van der Waals surface area contributed by atoms with Gasteiger partial charge in [0.25, 0.3) is 14.1 Å². The number of rotatable bonds is 25. The number of amides is 1. The number of imidazole rings is 1. The zero-order valence-electron chi connectivity index (χ0n) is 40.1. The third-order valence-corrected chi connectivity index (χ3v) is 13.7. The molecule has 0 aliphatic carbocycles. The van der Waals surface area contributed by atoms with E-state index in [0.717, 1.165) is 42.4 Å². The molecule has 5 aromatic rings. The number of unbranched alkanes of at least 4 members (excludes halogenated alkanes) is 3. The molecule has 16 nitrogen and oxygen atoms in total. The number of ether oxygens (including phenoxy) is 5. The van der Waals surface area contributed by atoms with Gasteiger partial charge in [-0.1, -0.05) is 94.6 Å². The van der Waals surface area contributed by atoms with E-state index in [4.69, 9.17) is 37.7 Å². The highest BCUT2D eigenvalue weighted by molar-refractivity contribution is 7.44. The summed E-state index contributed by atoms with van der Waals surface area (Å²) in [7, 11) is 1.44. The fourth-order valence-electron chi connectivity index (χ4n) is 8.23. The molecular formula is C50H66N7O9P. The normalized spacial score (nSPS) is 18.0. The fraction of sp³-hybridized carbons (Fsp3) is 0.500. The number of methoxy groups -OCH3 is 2. The van der Waals surface area contributed by atoms with Crippen molar-refractivity contribution in [2.24, 2.45) is 5.92 Å². The van der Waals surface area contributed by atoms with E-state index in [2.05, 4.69) is 60.6 Å². The number of hydrogen-bond acceptors (Lipinski definition) is 13. The van der Waals surface area contributed by atoms with Gasteiger partial charge < -0.3 is 32.7 Å². The fourth-order valence-corrected chi connectivity index (χ4v) is 10.0. The van der Waals surface area contributed by atoms with Gasteiger partial charge in [-0.15, -0.1) is 0 Å². The van der Waals surface area contributed by atoms with E-state index in [1.807, 2.05) is 78.9 Å². The lowest BCUT2D eigenvalue weighted by Gasteiger charge is -2.39. The number of nitrogens with zero attached hydrogens (tertiary/aromatic N) is 5. The van der Waals surface area contributed by atoms with E-state index in [0.29, 0.717) is 18.1 Å². The molecule has 5 atom stereocenters. The van der Waals surface area contributed by atoms with Crippen LogP contribution >= 0.6 is 8.53 Å². The number of H-pyrrole nitrogens is 1. The van der Waals surface area contributed by atoms with Gasteiger partial charge >= 0.3 is 0 Å². The predicted octanol–water partition coefficient (Wildman–Crippen LogP) is 9.26. The Balaban J connectivity index is 1.53. The van der Waals surface area contributed by atoms with Gasteiger partial charge in [-0.3, -0.25) is 24.5 Å². The molecule has 0 saturated carbocycles. The number of fused-ring (bicyclic) bond motifs is 1. The maximum absolute atomic E-state index is 13.5. The molecule has 1 aliphatic heterocycles. The maximum atomic E-state index is 13.5. The molecule has 360 valence electrons. The number of carbonyl (C=O) groups excluding carboxylic acids is 1. The van der Waals surface area contributed by atoms with Crippen LogP contribution in [0, 0.1) is 17.2 Å². The number of nitrogens with one attached hydrogen (secondary N) is 2. The van der Waals surface area contributed by atoms with Crippen LogP contribution in [0.5, 0.6) is 11.5 Å². The van der Waals surface area contributed by atoms with Crippen LogP contribution in [0.4, 0.5) is 5.95 Å². The van der Waals surface area contributed by atoms with Gasteiger partial charge in [0.2, 0.25) is 11.9 Å². The lowest BCUT2D eigenvalue weighted by atomic mass is 9.80. The minimum Gasteiger partial charge on any atom is -0.497 e. The van der Waals surface area contributed by atoms with Crippen molar-refractivity contribution in [3.63, 3.8) is 0 Å². The monoisotopic (exact) mass is 939 g/mol. The van der Waals surface area contributed by atoms with Gasteiger partial charge in [-0.2, -0.15) is 10.2 Å². The van der Waals surface area contributed by atoms with Crippen LogP contribution in [-0.4, -0.2) is 94.5 Å². The van der Waals surface area contributed by atoms with Gasteiger partial charge in [-0.05, 0) is 75.1 Å². The molecule has 17 heteroatoms. The molecule has 67 heavy (non-hydrogen) atoms. The first-order valence-electron chi connectivity index (χ1n) is 23.1. The summed E-state index contributed by atoms with van der Waals surface area (Å²) in [5.41, 5.74) is 1.01. The quantitative estimate of drug-likeness (QED) is 0.0321. The first-order chi connectivity index (χ1) is 32.4. The van der Waals surface area contributed by atoms with E-state index < -0.39 is 44.2 Å². The highest BCUT2D eigenvalue weighted by Gasteiger charge is 2.52. The minimum absolute atomic E-state index is 0.00158. The molecule has 1 aliphatic rings. The van der Waals surface area contributed by atoms with Crippen molar-refractivity contribution < 1.29 is 37.5 Å². The molecular weight excluding hydrogens is 874 g/mol. The number of benzene rings is 3. The molecule has 0 radical (unpaired) electrons. The second-order valence-electron chi connectivity index (χ2n) is 17.3. The van der Waals surface area contributed by atoms with Crippen molar-refractivity contribution in [1.29, 1.82) is 5.26 Å². The van der Waals surface area contributed by atoms with Crippen LogP contribution < -0.4 is 20.3 Å². The molecule has 2 N–H and O–H groups in total. The van der Waals surface area contributed by atoms with Crippen LogP contribution in [0.15, 0.2) is 90.0 Å². The maximum Gasteiger partial charge on any atom is 0.280 e. The van der Waals surface area contributed by atoms with E-state index in [1.54, 1.807) is 32.6 Å². The van der Waals surface area contributed by atoms with Crippen molar-refractivity contribution in [1.82, 2.24) is 24.2 Å². The molecule has 2 aromatic heterocycles. The molecule has 0 spiro atoms. The Hall–Kier alpha value is -5.24. The lowest BCUT2D eigenvalue weighted by molar-refractivity contribution is -0.118. The summed E-state index contributed by atoms with van der Waals surface area (Å²) in [6, 6.07) is 27.8. The Morgan fingerprint density at radius 1 is 0.896 bits per heavy atom. The van der Waals surface area contributed by atoms with Crippen LogP contribution in [0.25, 0.3) is 11.2 Å². The van der Waals surface area contributed by atoms with Gasteiger partial charge in [0.1, 0.15) is 35.4 Å². The molecule has 6 rings (SSSR count). The van der Waals surface area contributed by atoms with E-state index in [9.17, 15) is 14.9 Å². The molecule has 1 unspecified atom stereocenters. The first kappa shape index (κ1) is 51.2. The van der Waals surface area contributed by atoms with Crippen molar-refractivity contribution in [2.75, 3.05) is 39.4 Å². The molecule has 3 aromatic carbocycles. The van der Waals surface area contributed by atoms with Crippen molar-refractivity contribution in [3.05, 3.63) is 112 Å². The highest BCUT2D eigenvalue weighted by atomic mass is 31.2. The summed E-state index contributed by atoms with van der Waals surface area (Å²) in [5.74, 6) is 0.669. The Morgan fingerprint density at radius 3 is 2.09 bits per heavy atom.